The summed E-state index contributed by atoms with van der Waals surface area (Å²) in [6.45, 7) is 10.9. The van der Waals surface area contributed by atoms with E-state index < -0.39 is 0 Å². The van der Waals surface area contributed by atoms with Crippen LogP contribution in [0.1, 0.15) is 53.0 Å². The SMILES string of the molecule is CCC(C)(C)CC(C)(C)Oc1cccc(C#N)c1. The third kappa shape index (κ3) is 4.41. The van der Waals surface area contributed by atoms with Gasteiger partial charge in [0, 0.05) is 0 Å². The van der Waals surface area contributed by atoms with Crippen LogP contribution in [-0.2, 0) is 0 Å². The van der Waals surface area contributed by atoms with E-state index >= 15 is 0 Å². The first-order chi connectivity index (χ1) is 8.28. The van der Waals surface area contributed by atoms with E-state index in [0.29, 0.717) is 5.56 Å². The third-order valence-corrected chi connectivity index (χ3v) is 3.22. The number of hydrogen-bond acceptors (Lipinski definition) is 2. The quantitative estimate of drug-likeness (QED) is 0.762. The van der Waals surface area contributed by atoms with E-state index in [1.165, 1.54) is 0 Å². The zero-order chi connectivity index (χ0) is 13.8. The van der Waals surface area contributed by atoms with Crippen molar-refractivity contribution in [2.75, 3.05) is 0 Å². The first kappa shape index (κ1) is 14.6. The van der Waals surface area contributed by atoms with Crippen LogP contribution in [0.2, 0.25) is 0 Å². The molecule has 0 atom stereocenters. The molecule has 0 spiro atoms. The molecule has 0 saturated carbocycles. The van der Waals surface area contributed by atoms with E-state index in [1.807, 2.05) is 12.1 Å². The summed E-state index contributed by atoms with van der Waals surface area (Å²) in [5.74, 6) is 0.769. The number of hydrogen-bond donors (Lipinski definition) is 0. The number of rotatable bonds is 5. The highest BCUT2D eigenvalue weighted by Crippen LogP contribution is 2.33. The largest absolute Gasteiger partial charge is 0.488 e. The second-order valence-electron chi connectivity index (χ2n) is 6.20. The van der Waals surface area contributed by atoms with Crippen molar-refractivity contribution in [1.82, 2.24) is 0 Å². The van der Waals surface area contributed by atoms with Gasteiger partial charge in [-0.3, -0.25) is 0 Å². The fourth-order valence-electron chi connectivity index (χ4n) is 2.26. The topological polar surface area (TPSA) is 33.0 Å². The first-order valence-electron chi connectivity index (χ1n) is 6.47. The van der Waals surface area contributed by atoms with Crippen LogP contribution >= 0.6 is 0 Å². The van der Waals surface area contributed by atoms with Crippen LogP contribution in [0, 0.1) is 16.7 Å². The fourth-order valence-corrected chi connectivity index (χ4v) is 2.26. The maximum absolute atomic E-state index is 8.88. The zero-order valence-electron chi connectivity index (χ0n) is 12.1. The number of ether oxygens (including phenoxy) is 1. The molecule has 1 aromatic carbocycles. The number of nitrogens with zero attached hydrogens (tertiary/aromatic N) is 1. The molecule has 18 heavy (non-hydrogen) atoms. The van der Waals surface area contributed by atoms with Gasteiger partial charge in [0.1, 0.15) is 11.4 Å². The Labute approximate surface area is 111 Å². The summed E-state index contributed by atoms with van der Waals surface area (Å²) in [7, 11) is 0. The maximum Gasteiger partial charge on any atom is 0.121 e. The van der Waals surface area contributed by atoms with Crippen LogP contribution in [0.15, 0.2) is 24.3 Å². The number of nitriles is 1. The summed E-state index contributed by atoms with van der Waals surface area (Å²) < 4.78 is 6.03. The van der Waals surface area contributed by atoms with E-state index in [2.05, 4.69) is 40.7 Å². The molecule has 2 heteroatoms. The van der Waals surface area contributed by atoms with Crippen LogP contribution in [-0.4, -0.2) is 5.60 Å². The minimum absolute atomic E-state index is 0.229. The summed E-state index contributed by atoms with van der Waals surface area (Å²) in [4.78, 5) is 0. The minimum Gasteiger partial charge on any atom is -0.488 e. The molecule has 0 bridgehead atoms. The van der Waals surface area contributed by atoms with Crippen molar-refractivity contribution < 1.29 is 4.74 Å². The summed E-state index contributed by atoms with van der Waals surface area (Å²) in [5, 5.41) is 8.88. The van der Waals surface area contributed by atoms with Crippen molar-refractivity contribution in [2.24, 2.45) is 5.41 Å². The molecular weight excluding hydrogens is 222 g/mol. The molecule has 0 heterocycles. The van der Waals surface area contributed by atoms with E-state index in [4.69, 9.17) is 10.00 Å². The molecule has 0 aromatic heterocycles. The smallest absolute Gasteiger partial charge is 0.121 e. The molecule has 0 aliphatic heterocycles. The van der Waals surface area contributed by atoms with Crippen LogP contribution in [0.5, 0.6) is 5.75 Å². The van der Waals surface area contributed by atoms with Crippen molar-refractivity contribution in [3.63, 3.8) is 0 Å². The highest BCUT2D eigenvalue weighted by atomic mass is 16.5. The van der Waals surface area contributed by atoms with Gasteiger partial charge in [-0.15, -0.1) is 0 Å². The van der Waals surface area contributed by atoms with Crippen molar-refractivity contribution in [1.29, 1.82) is 5.26 Å². The molecule has 1 rings (SSSR count). The molecule has 0 saturated heterocycles. The molecule has 0 radical (unpaired) electrons. The summed E-state index contributed by atoms with van der Waals surface area (Å²) >= 11 is 0. The van der Waals surface area contributed by atoms with E-state index in [-0.39, 0.29) is 11.0 Å². The highest BCUT2D eigenvalue weighted by molar-refractivity contribution is 5.36. The Morgan fingerprint density at radius 1 is 1.22 bits per heavy atom. The zero-order valence-corrected chi connectivity index (χ0v) is 12.1. The molecule has 0 N–H and O–H groups in total. The maximum atomic E-state index is 8.88. The van der Waals surface area contributed by atoms with Crippen LogP contribution in [0.4, 0.5) is 0 Å². The molecule has 0 aliphatic rings. The van der Waals surface area contributed by atoms with E-state index in [0.717, 1.165) is 18.6 Å². The summed E-state index contributed by atoms with van der Waals surface area (Å²) in [6, 6.07) is 9.47. The lowest BCUT2D eigenvalue weighted by Gasteiger charge is -2.34. The molecule has 0 fully saturated rings. The second kappa shape index (κ2) is 5.44. The Bertz CT molecular complexity index is 441. The molecule has 0 aliphatic carbocycles. The predicted octanol–water partition coefficient (Wildman–Crippen LogP) is 4.54. The standard InChI is InChI=1S/C16H23NO/c1-6-15(2,3)12-16(4,5)18-14-9-7-8-13(10-14)11-17/h7-10H,6,12H2,1-5H3. The molecule has 1 aromatic rings. The van der Waals surface area contributed by atoms with Gasteiger partial charge in [-0.25, -0.2) is 0 Å². The molecule has 0 amide bonds. The lowest BCUT2D eigenvalue weighted by Crippen LogP contribution is -2.34. The number of benzene rings is 1. The van der Waals surface area contributed by atoms with Crippen LogP contribution in [0.25, 0.3) is 0 Å². The normalized spacial score (nSPS) is 12.0. The Hall–Kier alpha value is -1.49. The monoisotopic (exact) mass is 245 g/mol. The first-order valence-corrected chi connectivity index (χ1v) is 6.47. The minimum atomic E-state index is -0.229. The average Bonchev–Trinajstić information content (AvgIpc) is 2.27. The van der Waals surface area contributed by atoms with Crippen molar-refractivity contribution in [3.8, 4) is 11.8 Å². The van der Waals surface area contributed by atoms with E-state index in [1.54, 1.807) is 12.1 Å². The van der Waals surface area contributed by atoms with Gasteiger partial charge < -0.3 is 4.74 Å². The molecule has 98 valence electrons. The predicted molar refractivity (Wildman–Crippen MR) is 74.6 cm³/mol. The Morgan fingerprint density at radius 3 is 2.44 bits per heavy atom. The molecule has 0 unspecified atom stereocenters. The van der Waals surface area contributed by atoms with Gasteiger partial charge in [-0.1, -0.05) is 33.3 Å². The van der Waals surface area contributed by atoms with Crippen LogP contribution in [0.3, 0.4) is 0 Å². The van der Waals surface area contributed by atoms with Gasteiger partial charge in [0.15, 0.2) is 0 Å². The lowest BCUT2D eigenvalue weighted by molar-refractivity contribution is 0.0549. The van der Waals surface area contributed by atoms with Gasteiger partial charge in [-0.05, 0) is 43.9 Å². The van der Waals surface area contributed by atoms with Crippen molar-refractivity contribution in [3.05, 3.63) is 29.8 Å². The molecular formula is C16H23NO. The van der Waals surface area contributed by atoms with Gasteiger partial charge in [0.05, 0.1) is 11.6 Å². The van der Waals surface area contributed by atoms with Gasteiger partial charge in [0.2, 0.25) is 0 Å². The Balaban J connectivity index is 2.79. The van der Waals surface area contributed by atoms with Gasteiger partial charge in [-0.2, -0.15) is 5.26 Å². The van der Waals surface area contributed by atoms with Crippen LogP contribution < -0.4 is 4.74 Å². The van der Waals surface area contributed by atoms with Crippen molar-refractivity contribution >= 4 is 0 Å². The summed E-state index contributed by atoms with van der Waals surface area (Å²) in [5.41, 5.74) is 0.669. The summed E-state index contributed by atoms with van der Waals surface area (Å²) in [6.07, 6.45) is 2.10. The highest BCUT2D eigenvalue weighted by Gasteiger charge is 2.29. The van der Waals surface area contributed by atoms with Crippen molar-refractivity contribution in [2.45, 2.75) is 53.1 Å². The van der Waals surface area contributed by atoms with E-state index in [9.17, 15) is 0 Å². The Morgan fingerprint density at radius 2 is 1.89 bits per heavy atom. The average molecular weight is 245 g/mol. The fraction of sp³-hybridized carbons (Fsp3) is 0.562. The lowest BCUT2D eigenvalue weighted by atomic mass is 9.80. The molecule has 2 nitrogen and oxygen atoms in total. The van der Waals surface area contributed by atoms with Gasteiger partial charge in [0.25, 0.3) is 0 Å². The van der Waals surface area contributed by atoms with Gasteiger partial charge >= 0.3 is 0 Å². The third-order valence-electron chi connectivity index (χ3n) is 3.22. The Kier molecular flexibility index (Phi) is 4.40. The second-order valence-corrected chi connectivity index (χ2v) is 6.20.